The van der Waals surface area contributed by atoms with Crippen LogP contribution in [0.25, 0.3) is 0 Å². The summed E-state index contributed by atoms with van der Waals surface area (Å²) in [7, 11) is 0. The van der Waals surface area contributed by atoms with Crippen molar-refractivity contribution in [1.29, 1.82) is 0 Å². The number of hydrogen-bond donors (Lipinski definition) is 3. The lowest BCUT2D eigenvalue weighted by Gasteiger charge is -2.15. The number of hydrogen-bond acceptors (Lipinski definition) is 3. The molecule has 0 saturated heterocycles. The molecule has 0 bridgehead atoms. The molecule has 3 N–H and O–H groups in total. The van der Waals surface area contributed by atoms with E-state index in [1.54, 1.807) is 0 Å². The van der Waals surface area contributed by atoms with Crippen LogP contribution in [0, 0.1) is 11.6 Å². The summed E-state index contributed by atoms with van der Waals surface area (Å²) in [5.41, 5.74) is 0.311. The van der Waals surface area contributed by atoms with Crippen LogP contribution in [-0.4, -0.2) is 29.4 Å². The number of nitrogens with one attached hydrogen (secondary N) is 1. The average molecular weight is 259 g/mol. The Morgan fingerprint density at radius 1 is 1.17 bits per heavy atom. The van der Waals surface area contributed by atoms with Gasteiger partial charge in [-0.05, 0) is 24.1 Å². The highest BCUT2D eigenvalue weighted by atomic mass is 19.2. The van der Waals surface area contributed by atoms with Gasteiger partial charge < -0.3 is 15.5 Å². The van der Waals surface area contributed by atoms with Gasteiger partial charge in [0.1, 0.15) is 0 Å². The summed E-state index contributed by atoms with van der Waals surface area (Å²) in [6, 6.07) is 3.30. The largest absolute Gasteiger partial charge is 0.392 e. The van der Waals surface area contributed by atoms with E-state index in [1.807, 2.05) is 6.92 Å². The monoisotopic (exact) mass is 259 g/mol. The molecule has 2 unspecified atom stereocenters. The molecule has 2 atom stereocenters. The Kier molecular flexibility index (Phi) is 6.18. The van der Waals surface area contributed by atoms with Gasteiger partial charge in [0.15, 0.2) is 11.6 Å². The standard InChI is InChI=1S/C13H19F2NO2/c1-2-3-10(17)7-16-8-13(18)9-4-5-11(14)12(15)6-9/h4-6,10,13,16-18H,2-3,7-8H2,1H3. The molecule has 0 radical (unpaired) electrons. The lowest BCUT2D eigenvalue weighted by atomic mass is 10.1. The molecule has 1 aromatic carbocycles. The molecule has 0 heterocycles. The minimum absolute atomic E-state index is 0.186. The molecule has 1 rings (SSSR count). The van der Waals surface area contributed by atoms with Crippen LogP contribution < -0.4 is 5.32 Å². The van der Waals surface area contributed by atoms with Gasteiger partial charge in [-0.3, -0.25) is 0 Å². The van der Waals surface area contributed by atoms with Crippen molar-refractivity contribution in [2.75, 3.05) is 13.1 Å². The molecule has 102 valence electrons. The second-order valence-corrected chi connectivity index (χ2v) is 4.29. The topological polar surface area (TPSA) is 52.5 Å². The van der Waals surface area contributed by atoms with Crippen molar-refractivity contribution in [3.63, 3.8) is 0 Å². The predicted octanol–water partition coefficient (Wildman–Crippen LogP) is 1.75. The number of benzene rings is 1. The molecule has 5 heteroatoms. The zero-order valence-electron chi connectivity index (χ0n) is 10.4. The van der Waals surface area contributed by atoms with E-state index in [0.717, 1.165) is 18.6 Å². The summed E-state index contributed by atoms with van der Waals surface area (Å²) in [4.78, 5) is 0. The van der Waals surface area contributed by atoms with E-state index in [2.05, 4.69) is 5.32 Å². The van der Waals surface area contributed by atoms with Crippen molar-refractivity contribution in [1.82, 2.24) is 5.32 Å². The van der Waals surface area contributed by atoms with Crippen LogP contribution in [0.1, 0.15) is 31.4 Å². The zero-order chi connectivity index (χ0) is 13.5. The van der Waals surface area contributed by atoms with E-state index in [4.69, 9.17) is 0 Å². The zero-order valence-corrected chi connectivity index (χ0v) is 10.4. The van der Waals surface area contributed by atoms with Gasteiger partial charge in [0.05, 0.1) is 12.2 Å². The van der Waals surface area contributed by atoms with Crippen LogP contribution >= 0.6 is 0 Å². The summed E-state index contributed by atoms with van der Waals surface area (Å²) < 4.78 is 25.6. The molecule has 1 aromatic rings. The normalized spacial score (nSPS) is 14.5. The van der Waals surface area contributed by atoms with Gasteiger partial charge in [0.2, 0.25) is 0 Å². The highest BCUT2D eigenvalue weighted by Gasteiger charge is 2.11. The maximum absolute atomic E-state index is 12.9. The predicted molar refractivity (Wildman–Crippen MR) is 65.1 cm³/mol. The minimum Gasteiger partial charge on any atom is -0.392 e. The van der Waals surface area contributed by atoms with Crippen LogP contribution in [0.3, 0.4) is 0 Å². The Bertz CT molecular complexity index is 374. The summed E-state index contributed by atoms with van der Waals surface area (Å²) in [5.74, 6) is -1.91. The number of rotatable bonds is 7. The lowest BCUT2D eigenvalue weighted by molar-refractivity contribution is 0.140. The molecular weight excluding hydrogens is 240 g/mol. The van der Waals surface area contributed by atoms with Crippen molar-refractivity contribution < 1.29 is 19.0 Å². The summed E-state index contributed by atoms with van der Waals surface area (Å²) >= 11 is 0. The van der Waals surface area contributed by atoms with Crippen LogP contribution in [0.5, 0.6) is 0 Å². The van der Waals surface area contributed by atoms with Gasteiger partial charge in [-0.25, -0.2) is 8.78 Å². The molecule has 0 fully saturated rings. The quantitative estimate of drug-likeness (QED) is 0.699. The fraction of sp³-hybridized carbons (Fsp3) is 0.538. The maximum Gasteiger partial charge on any atom is 0.159 e. The highest BCUT2D eigenvalue weighted by molar-refractivity contribution is 5.20. The van der Waals surface area contributed by atoms with Crippen molar-refractivity contribution in [2.24, 2.45) is 0 Å². The lowest BCUT2D eigenvalue weighted by Crippen LogP contribution is -2.30. The van der Waals surface area contributed by atoms with Crippen LogP contribution in [0.15, 0.2) is 18.2 Å². The Labute approximate surface area is 105 Å². The second kappa shape index (κ2) is 7.41. The van der Waals surface area contributed by atoms with Crippen molar-refractivity contribution in [3.8, 4) is 0 Å². The number of aliphatic hydroxyl groups excluding tert-OH is 2. The first-order valence-electron chi connectivity index (χ1n) is 6.06. The molecule has 0 aliphatic heterocycles. The number of halogens is 2. The van der Waals surface area contributed by atoms with Gasteiger partial charge in [0.25, 0.3) is 0 Å². The average Bonchev–Trinajstić information content (AvgIpc) is 2.33. The fourth-order valence-corrected chi connectivity index (χ4v) is 1.66. The molecule has 0 aliphatic rings. The van der Waals surface area contributed by atoms with Crippen LogP contribution in [-0.2, 0) is 0 Å². The van der Waals surface area contributed by atoms with Crippen molar-refractivity contribution >= 4 is 0 Å². The Hall–Kier alpha value is -1.04. The third-order valence-electron chi connectivity index (χ3n) is 2.67. The first kappa shape index (κ1) is 15.0. The van der Waals surface area contributed by atoms with Crippen molar-refractivity contribution in [2.45, 2.75) is 32.0 Å². The SMILES string of the molecule is CCCC(O)CNCC(O)c1ccc(F)c(F)c1. The van der Waals surface area contributed by atoms with E-state index in [9.17, 15) is 19.0 Å². The molecule has 0 aromatic heterocycles. The summed E-state index contributed by atoms with van der Waals surface area (Å²) in [5, 5.41) is 22.1. The van der Waals surface area contributed by atoms with Crippen LogP contribution in [0.2, 0.25) is 0 Å². The molecule has 3 nitrogen and oxygen atoms in total. The molecule has 0 amide bonds. The van der Waals surface area contributed by atoms with Gasteiger partial charge in [-0.1, -0.05) is 19.4 Å². The first-order valence-corrected chi connectivity index (χ1v) is 6.06. The third-order valence-corrected chi connectivity index (χ3v) is 2.67. The van der Waals surface area contributed by atoms with Gasteiger partial charge in [-0.2, -0.15) is 0 Å². The molecule has 0 aliphatic carbocycles. The number of aliphatic hydroxyl groups is 2. The Balaban J connectivity index is 2.40. The van der Waals surface area contributed by atoms with Gasteiger partial charge in [0, 0.05) is 13.1 Å². The second-order valence-electron chi connectivity index (χ2n) is 4.29. The molecule has 18 heavy (non-hydrogen) atoms. The van der Waals surface area contributed by atoms with E-state index < -0.39 is 23.8 Å². The summed E-state index contributed by atoms with van der Waals surface area (Å²) in [6.07, 6.45) is 0.198. The van der Waals surface area contributed by atoms with E-state index in [1.165, 1.54) is 6.07 Å². The van der Waals surface area contributed by atoms with Crippen LogP contribution in [0.4, 0.5) is 8.78 Å². The molecule has 0 saturated carbocycles. The van der Waals surface area contributed by atoms with Gasteiger partial charge >= 0.3 is 0 Å². The fourth-order valence-electron chi connectivity index (χ4n) is 1.66. The third kappa shape index (κ3) is 4.68. The maximum atomic E-state index is 12.9. The van der Waals surface area contributed by atoms with E-state index >= 15 is 0 Å². The Morgan fingerprint density at radius 3 is 2.50 bits per heavy atom. The first-order chi connectivity index (χ1) is 8.54. The highest BCUT2D eigenvalue weighted by Crippen LogP contribution is 2.15. The van der Waals surface area contributed by atoms with E-state index in [0.29, 0.717) is 18.5 Å². The van der Waals surface area contributed by atoms with Crippen molar-refractivity contribution in [3.05, 3.63) is 35.4 Å². The van der Waals surface area contributed by atoms with Gasteiger partial charge in [-0.15, -0.1) is 0 Å². The van der Waals surface area contributed by atoms with E-state index in [-0.39, 0.29) is 6.54 Å². The molecular formula is C13H19F2NO2. The minimum atomic E-state index is -0.974. The smallest absolute Gasteiger partial charge is 0.159 e. The molecule has 0 spiro atoms. The summed E-state index contributed by atoms with van der Waals surface area (Å²) in [6.45, 7) is 2.53. The Morgan fingerprint density at radius 2 is 1.89 bits per heavy atom.